The summed E-state index contributed by atoms with van der Waals surface area (Å²) in [6, 6.07) is 18.0. The maximum absolute atomic E-state index is 15.5. The van der Waals surface area contributed by atoms with Gasteiger partial charge in [0.25, 0.3) is 15.9 Å². The van der Waals surface area contributed by atoms with Crippen molar-refractivity contribution in [2.75, 3.05) is 65.5 Å². The van der Waals surface area contributed by atoms with Gasteiger partial charge in [0.05, 0.1) is 49.6 Å². The number of benzene rings is 3. The Hall–Kier alpha value is -4.68. The summed E-state index contributed by atoms with van der Waals surface area (Å²) in [6.07, 6.45) is -0.578. The lowest BCUT2D eigenvalue weighted by molar-refractivity contribution is -0.132. The lowest BCUT2D eigenvalue weighted by Gasteiger charge is -2.42. The zero-order chi connectivity index (χ0) is 34.9. The van der Waals surface area contributed by atoms with Gasteiger partial charge in [-0.25, -0.2) is 22.4 Å². The lowest BCUT2D eigenvalue weighted by Crippen LogP contribution is -2.57. The molecule has 3 aromatic carbocycles. The standard InChI is InChI=1S/C35H39N5O8S/c1-37(2)34(42)48-32-6-5-15-39(32)35(29-21-25(8-14-31(29)46-4)23-38-16-18-47-19-17-38)28-20-24(22-36)7-13-30(28)40(33(35)41)49(43,44)27-11-9-26(45-3)10-12-27/h7-14,20-21,32H,5-6,15-19,23H2,1-4H3/t32-,35?/m0/s1. The molecule has 13 nitrogen and oxygen atoms in total. The first-order valence-electron chi connectivity index (χ1n) is 16.0. The summed E-state index contributed by atoms with van der Waals surface area (Å²) in [6.45, 7) is 3.47. The topological polar surface area (TPSA) is 142 Å². The number of sulfonamides is 1. The Bertz CT molecular complexity index is 1890. The molecule has 2 fully saturated rings. The van der Waals surface area contributed by atoms with E-state index in [1.165, 1.54) is 55.5 Å². The van der Waals surface area contributed by atoms with Gasteiger partial charge in [-0.05, 0) is 73.0 Å². The number of amides is 2. The smallest absolute Gasteiger partial charge is 0.410 e. The number of nitrogens with zero attached hydrogens (tertiary/aromatic N) is 5. The summed E-state index contributed by atoms with van der Waals surface area (Å²) in [4.78, 5) is 33.6. The van der Waals surface area contributed by atoms with Crippen LogP contribution in [-0.4, -0.2) is 103 Å². The van der Waals surface area contributed by atoms with Crippen LogP contribution in [0.15, 0.2) is 65.6 Å². The van der Waals surface area contributed by atoms with E-state index in [9.17, 15) is 18.5 Å². The quantitative estimate of drug-likeness (QED) is 0.326. The van der Waals surface area contributed by atoms with Gasteiger partial charge in [-0.1, -0.05) is 6.07 Å². The Morgan fingerprint density at radius 2 is 1.73 bits per heavy atom. The normalized spacial score (nSPS) is 21.2. The summed E-state index contributed by atoms with van der Waals surface area (Å²) >= 11 is 0. The predicted molar refractivity (Wildman–Crippen MR) is 179 cm³/mol. The van der Waals surface area contributed by atoms with E-state index in [0.29, 0.717) is 49.7 Å². The van der Waals surface area contributed by atoms with Gasteiger partial charge in [0.2, 0.25) is 0 Å². The molecule has 0 spiro atoms. The van der Waals surface area contributed by atoms with Crippen LogP contribution in [0.4, 0.5) is 10.5 Å². The van der Waals surface area contributed by atoms with Crippen molar-refractivity contribution in [3.8, 4) is 17.6 Å². The first kappa shape index (κ1) is 34.2. The third-order valence-electron chi connectivity index (χ3n) is 9.22. The average Bonchev–Trinajstić information content (AvgIpc) is 3.67. The second-order valence-corrected chi connectivity index (χ2v) is 14.1. The molecular weight excluding hydrogens is 650 g/mol. The molecule has 0 N–H and O–H groups in total. The number of nitriles is 1. The monoisotopic (exact) mass is 689 g/mol. The molecule has 3 aliphatic heterocycles. The first-order chi connectivity index (χ1) is 23.6. The maximum Gasteiger partial charge on any atom is 0.410 e. The highest BCUT2D eigenvalue weighted by Crippen LogP contribution is 2.55. The Labute approximate surface area is 286 Å². The van der Waals surface area contributed by atoms with E-state index in [-0.39, 0.29) is 28.3 Å². The van der Waals surface area contributed by atoms with E-state index in [1.807, 2.05) is 12.1 Å². The third kappa shape index (κ3) is 5.97. The number of ether oxygens (including phenoxy) is 4. The highest BCUT2D eigenvalue weighted by molar-refractivity contribution is 7.93. The molecule has 14 heteroatoms. The number of hydrogen-bond acceptors (Lipinski definition) is 11. The van der Waals surface area contributed by atoms with Gasteiger partial charge >= 0.3 is 6.09 Å². The fraction of sp³-hybridized carbons (Fsp3) is 0.400. The van der Waals surface area contributed by atoms with Crippen LogP contribution in [-0.2, 0) is 36.4 Å². The van der Waals surface area contributed by atoms with Crippen molar-refractivity contribution in [1.29, 1.82) is 5.26 Å². The Kier molecular flexibility index (Phi) is 9.54. The predicted octanol–water partition coefficient (Wildman–Crippen LogP) is 3.51. The molecule has 3 aromatic rings. The van der Waals surface area contributed by atoms with E-state index in [4.69, 9.17) is 18.9 Å². The van der Waals surface area contributed by atoms with Gasteiger partial charge in [-0.15, -0.1) is 0 Å². The van der Waals surface area contributed by atoms with Gasteiger partial charge < -0.3 is 23.8 Å². The molecule has 1 unspecified atom stereocenters. The van der Waals surface area contributed by atoms with Gasteiger partial charge in [0, 0.05) is 51.4 Å². The van der Waals surface area contributed by atoms with Crippen molar-refractivity contribution in [3.05, 3.63) is 82.9 Å². The number of likely N-dealkylation sites (tertiary alicyclic amines) is 1. The number of morpholine rings is 1. The van der Waals surface area contributed by atoms with Crippen LogP contribution in [0.2, 0.25) is 0 Å². The van der Waals surface area contributed by atoms with Crippen molar-refractivity contribution in [3.63, 3.8) is 0 Å². The van der Waals surface area contributed by atoms with Crippen LogP contribution >= 0.6 is 0 Å². The second kappa shape index (κ2) is 13.7. The second-order valence-electron chi connectivity index (χ2n) is 12.3. The van der Waals surface area contributed by atoms with Crippen LogP contribution in [0, 0.1) is 11.3 Å². The number of anilines is 1. The van der Waals surface area contributed by atoms with E-state index in [0.717, 1.165) is 23.0 Å². The molecular formula is C35H39N5O8S. The van der Waals surface area contributed by atoms with E-state index in [1.54, 1.807) is 31.1 Å². The Morgan fingerprint density at radius 1 is 1.00 bits per heavy atom. The molecule has 0 aliphatic carbocycles. The number of carbonyl (C=O) groups is 2. The summed E-state index contributed by atoms with van der Waals surface area (Å²) in [5.74, 6) is -0.0201. The van der Waals surface area contributed by atoms with Crippen molar-refractivity contribution < 1.29 is 37.0 Å². The molecule has 2 atom stereocenters. The number of carbonyl (C=O) groups excluding carboxylic acids is 2. The Morgan fingerprint density at radius 3 is 2.39 bits per heavy atom. The van der Waals surface area contributed by atoms with Crippen molar-refractivity contribution >= 4 is 27.7 Å². The largest absolute Gasteiger partial charge is 0.497 e. The molecule has 2 saturated heterocycles. The van der Waals surface area contributed by atoms with Crippen LogP contribution in [0.3, 0.4) is 0 Å². The van der Waals surface area contributed by atoms with E-state index in [2.05, 4.69) is 11.0 Å². The van der Waals surface area contributed by atoms with Crippen molar-refractivity contribution in [1.82, 2.24) is 14.7 Å². The molecule has 0 bridgehead atoms. The van der Waals surface area contributed by atoms with Crippen LogP contribution < -0.4 is 13.8 Å². The minimum Gasteiger partial charge on any atom is -0.497 e. The molecule has 49 heavy (non-hydrogen) atoms. The van der Waals surface area contributed by atoms with Crippen molar-refractivity contribution in [2.45, 2.75) is 36.0 Å². The van der Waals surface area contributed by atoms with Crippen LogP contribution in [0.1, 0.15) is 35.1 Å². The summed E-state index contributed by atoms with van der Waals surface area (Å²) in [7, 11) is 1.56. The molecule has 0 radical (unpaired) electrons. The van der Waals surface area contributed by atoms with Gasteiger partial charge in [0.15, 0.2) is 11.8 Å². The average molecular weight is 690 g/mol. The number of rotatable bonds is 9. The lowest BCUT2D eigenvalue weighted by atomic mass is 9.80. The minimum absolute atomic E-state index is 0.0880. The molecule has 0 saturated carbocycles. The van der Waals surface area contributed by atoms with Crippen LogP contribution in [0.5, 0.6) is 11.5 Å². The van der Waals surface area contributed by atoms with Gasteiger partial charge in [0.1, 0.15) is 11.5 Å². The first-order valence-corrected chi connectivity index (χ1v) is 17.4. The van der Waals surface area contributed by atoms with Crippen molar-refractivity contribution in [2.24, 2.45) is 0 Å². The molecule has 3 heterocycles. The summed E-state index contributed by atoms with van der Waals surface area (Å²) in [5, 5.41) is 10.0. The molecule has 2 amide bonds. The minimum atomic E-state index is -4.52. The molecule has 258 valence electrons. The number of fused-ring (bicyclic) bond motifs is 1. The zero-order valence-corrected chi connectivity index (χ0v) is 28.7. The van der Waals surface area contributed by atoms with Crippen LogP contribution in [0.25, 0.3) is 0 Å². The summed E-state index contributed by atoms with van der Waals surface area (Å²) in [5.41, 5.74) is -0.0536. The maximum atomic E-state index is 15.5. The van der Waals surface area contributed by atoms with E-state index < -0.39 is 33.8 Å². The number of hydrogen-bond donors (Lipinski definition) is 0. The molecule has 0 aromatic heterocycles. The zero-order valence-electron chi connectivity index (χ0n) is 27.9. The molecule has 3 aliphatic rings. The van der Waals surface area contributed by atoms with Gasteiger partial charge in [-0.2, -0.15) is 5.26 Å². The summed E-state index contributed by atoms with van der Waals surface area (Å²) < 4.78 is 52.6. The SMILES string of the molecule is COc1ccc(S(=O)(=O)N2C(=O)C(c3cc(CN4CCOCC4)ccc3OC)(N3CCC[C@@H]3OC(=O)N(C)C)c3cc(C#N)ccc32)cc1. The Balaban J connectivity index is 1.62. The highest BCUT2D eigenvalue weighted by Gasteiger charge is 2.63. The third-order valence-corrected chi connectivity index (χ3v) is 10.9. The fourth-order valence-corrected chi connectivity index (χ4v) is 8.31. The van der Waals surface area contributed by atoms with E-state index >= 15 is 4.79 Å². The molecule has 6 rings (SSSR count). The highest BCUT2D eigenvalue weighted by atomic mass is 32.2. The number of methoxy groups -OCH3 is 2. The van der Waals surface area contributed by atoms with Gasteiger partial charge in [-0.3, -0.25) is 9.69 Å². The fourth-order valence-electron chi connectivity index (χ4n) is 6.85.